The highest BCUT2D eigenvalue weighted by Gasteiger charge is 2.29. The van der Waals surface area contributed by atoms with E-state index in [0.29, 0.717) is 23.3 Å². The summed E-state index contributed by atoms with van der Waals surface area (Å²) in [4.78, 5) is 11.7. The first-order valence-electron chi connectivity index (χ1n) is 7.14. The van der Waals surface area contributed by atoms with Gasteiger partial charge in [0, 0.05) is 29.7 Å². The van der Waals surface area contributed by atoms with E-state index in [-0.39, 0.29) is 11.5 Å². The van der Waals surface area contributed by atoms with Gasteiger partial charge in [0.25, 0.3) is 0 Å². The molecule has 0 amide bonds. The van der Waals surface area contributed by atoms with Crippen LogP contribution in [0.25, 0.3) is 5.57 Å². The minimum Gasteiger partial charge on any atom is -0.508 e. The highest BCUT2D eigenvalue weighted by molar-refractivity contribution is 5.98. The molecule has 0 aromatic heterocycles. The SMILES string of the molecule is COc1cc(O)ccc1C1=CC(=O)O[C@@H]1Cc1ccc(O)cc1. The quantitative estimate of drug-likeness (QED) is 0.849. The second-order valence-electron chi connectivity index (χ2n) is 5.28. The van der Waals surface area contributed by atoms with Crippen molar-refractivity contribution in [2.24, 2.45) is 0 Å². The number of hydrogen-bond acceptors (Lipinski definition) is 5. The van der Waals surface area contributed by atoms with Crippen LogP contribution in [0.15, 0.2) is 48.5 Å². The molecule has 0 radical (unpaired) electrons. The topological polar surface area (TPSA) is 76.0 Å². The number of phenolic OH excluding ortho intramolecular Hbond substituents is 2. The Kier molecular flexibility index (Phi) is 3.93. The van der Waals surface area contributed by atoms with Crippen LogP contribution in [0.3, 0.4) is 0 Å². The third kappa shape index (κ3) is 3.13. The van der Waals surface area contributed by atoms with E-state index in [9.17, 15) is 15.0 Å². The Balaban J connectivity index is 1.92. The molecule has 2 N–H and O–H groups in total. The highest BCUT2D eigenvalue weighted by Crippen LogP contribution is 2.36. The van der Waals surface area contributed by atoms with Gasteiger partial charge in [0.05, 0.1) is 7.11 Å². The number of carbonyl (C=O) groups excluding carboxylic acids is 1. The van der Waals surface area contributed by atoms with E-state index >= 15 is 0 Å². The van der Waals surface area contributed by atoms with E-state index in [4.69, 9.17) is 9.47 Å². The molecule has 118 valence electrons. The van der Waals surface area contributed by atoms with Crippen molar-refractivity contribution in [2.45, 2.75) is 12.5 Å². The Hall–Kier alpha value is -2.95. The molecule has 0 fully saturated rings. The van der Waals surface area contributed by atoms with Crippen LogP contribution in [0.4, 0.5) is 0 Å². The fourth-order valence-corrected chi connectivity index (χ4v) is 2.62. The number of benzene rings is 2. The van der Waals surface area contributed by atoms with Crippen LogP contribution in [0.1, 0.15) is 11.1 Å². The number of ether oxygens (including phenoxy) is 2. The van der Waals surface area contributed by atoms with E-state index in [1.807, 2.05) is 0 Å². The second-order valence-corrected chi connectivity index (χ2v) is 5.28. The summed E-state index contributed by atoms with van der Waals surface area (Å²) in [7, 11) is 1.51. The molecule has 1 aliphatic rings. The van der Waals surface area contributed by atoms with E-state index < -0.39 is 12.1 Å². The Bertz CT molecular complexity index is 761. The van der Waals surface area contributed by atoms with Gasteiger partial charge < -0.3 is 19.7 Å². The molecule has 0 unspecified atom stereocenters. The lowest BCUT2D eigenvalue weighted by molar-refractivity contribution is -0.138. The molecule has 1 aliphatic heterocycles. The van der Waals surface area contributed by atoms with Gasteiger partial charge in [-0.2, -0.15) is 0 Å². The second kappa shape index (κ2) is 6.04. The van der Waals surface area contributed by atoms with Crippen molar-refractivity contribution in [3.63, 3.8) is 0 Å². The molecule has 0 spiro atoms. The van der Waals surface area contributed by atoms with E-state index in [0.717, 1.165) is 5.56 Å². The van der Waals surface area contributed by atoms with Crippen LogP contribution in [-0.2, 0) is 16.0 Å². The van der Waals surface area contributed by atoms with E-state index in [2.05, 4.69) is 0 Å². The summed E-state index contributed by atoms with van der Waals surface area (Å²) in [6.07, 6.45) is 1.49. The molecule has 5 nitrogen and oxygen atoms in total. The molecule has 1 heterocycles. The van der Waals surface area contributed by atoms with Crippen LogP contribution >= 0.6 is 0 Å². The summed E-state index contributed by atoms with van der Waals surface area (Å²) in [5, 5.41) is 18.9. The Morgan fingerprint density at radius 1 is 1.09 bits per heavy atom. The summed E-state index contributed by atoms with van der Waals surface area (Å²) >= 11 is 0. The molecule has 0 aliphatic carbocycles. The summed E-state index contributed by atoms with van der Waals surface area (Å²) in [6, 6.07) is 11.5. The van der Waals surface area contributed by atoms with Gasteiger partial charge in [0.2, 0.25) is 0 Å². The molecular formula is C18H16O5. The summed E-state index contributed by atoms with van der Waals surface area (Å²) in [6.45, 7) is 0. The first-order valence-corrected chi connectivity index (χ1v) is 7.14. The van der Waals surface area contributed by atoms with Gasteiger partial charge in [-0.3, -0.25) is 0 Å². The monoisotopic (exact) mass is 312 g/mol. The number of carbonyl (C=O) groups is 1. The van der Waals surface area contributed by atoms with Crippen molar-refractivity contribution < 1.29 is 24.5 Å². The maximum absolute atomic E-state index is 11.7. The largest absolute Gasteiger partial charge is 0.508 e. The molecule has 3 rings (SSSR count). The van der Waals surface area contributed by atoms with Crippen LogP contribution in [0, 0.1) is 0 Å². The lowest BCUT2D eigenvalue weighted by atomic mass is 9.95. The lowest BCUT2D eigenvalue weighted by Crippen LogP contribution is -2.15. The normalized spacial score (nSPS) is 16.8. The Labute approximate surface area is 133 Å². The third-order valence-electron chi connectivity index (χ3n) is 3.73. The van der Waals surface area contributed by atoms with Crippen LogP contribution in [0.2, 0.25) is 0 Å². The van der Waals surface area contributed by atoms with Gasteiger partial charge >= 0.3 is 5.97 Å². The number of aromatic hydroxyl groups is 2. The Morgan fingerprint density at radius 2 is 1.78 bits per heavy atom. The molecule has 5 heteroatoms. The first kappa shape index (κ1) is 15.0. The zero-order valence-corrected chi connectivity index (χ0v) is 12.5. The maximum atomic E-state index is 11.7. The van der Waals surface area contributed by atoms with Crippen molar-refractivity contribution in [3.05, 3.63) is 59.7 Å². The van der Waals surface area contributed by atoms with Gasteiger partial charge in [0.15, 0.2) is 0 Å². The number of esters is 1. The van der Waals surface area contributed by atoms with Gasteiger partial charge in [0.1, 0.15) is 23.4 Å². The first-order chi connectivity index (χ1) is 11.1. The van der Waals surface area contributed by atoms with Crippen molar-refractivity contribution in [1.82, 2.24) is 0 Å². The fraction of sp³-hybridized carbons (Fsp3) is 0.167. The third-order valence-corrected chi connectivity index (χ3v) is 3.73. The standard InChI is InChI=1S/C18H16O5/c1-22-16-9-13(20)6-7-14(16)15-10-18(21)23-17(15)8-11-2-4-12(19)5-3-11/h2-7,9-10,17,19-20H,8H2,1H3/t17-/m1/s1. The van der Waals surface area contributed by atoms with Crippen molar-refractivity contribution >= 4 is 11.5 Å². The van der Waals surface area contributed by atoms with Gasteiger partial charge in [-0.15, -0.1) is 0 Å². The minimum atomic E-state index is -0.439. The summed E-state index contributed by atoms with van der Waals surface area (Å²) < 4.78 is 10.7. The number of methoxy groups -OCH3 is 1. The molecule has 2 aromatic rings. The summed E-state index contributed by atoms with van der Waals surface area (Å²) in [5.41, 5.74) is 2.35. The Morgan fingerprint density at radius 3 is 2.48 bits per heavy atom. The van der Waals surface area contributed by atoms with Crippen LogP contribution in [0.5, 0.6) is 17.2 Å². The molecule has 1 atom stereocenters. The number of hydrogen-bond donors (Lipinski definition) is 2. The predicted molar refractivity (Wildman–Crippen MR) is 84.3 cm³/mol. The van der Waals surface area contributed by atoms with Crippen molar-refractivity contribution in [2.75, 3.05) is 7.11 Å². The summed E-state index contributed by atoms with van der Waals surface area (Å²) in [5.74, 6) is 0.351. The number of phenols is 2. The van der Waals surface area contributed by atoms with E-state index in [1.165, 1.54) is 19.3 Å². The van der Waals surface area contributed by atoms with Gasteiger partial charge in [-0.05, 0) is 29.8 Å². The van der Waals surface area contributed by atoms with Gasteiger partial charge in [-0.1, -0.05) is 12.1 Å². The van der Waals surface area contributed by atoms with E-state index in [1.54, 1.807) is 36.4 Å². The number of cyclic esters (lactones) is 1. The van der Waals surface area contributed by atoms with Crippen LogP contribution < -0.4 is 4.74 Å². The minimum absolute atomic E-state index is 0.0894. The molecule has 23 heavy (non-hydrogen) atoms. The maximum Gasteiger partial charge on any atom is 0.331 e. The molecule has 0 saturated heterocycles. The van der Waals surface area contributed by atoms with Crippen molar-refractivity contribution in [1.29, 1.82) is 0 Å². The number of rotatable bonds is 4. The highest BCUT2D eigenvalue weighted by atomic mass is 16.5. The zero-order valence-electron chi connectivity index (χ0n) is 12.5. The molecular weight excluding hydrogens is 296 g/mol. The van der Waals surface area contributed by atoms with Crippen LogP contribution in [-0.4, -0.2) is 29.4 Å². The van der Waals surface area contributed by atoms with Gasteiger partial charge in [-0.25, -0.2) is 4.79 Å². The lowest BCUT2D eigenvalue weighted by Gasteiger charge is -2.17. The molecule has 0 saturated carbocycles. The predicted octanol–water partition coefficient (Wildman–Crippen LogP) is 2.66. The molecule has 0 bridgehead atoms. The zero-order chi connectivity index (χ0) is 16.4. The molecule has 2 aromatic carbocycles. The smallest absolute Gasteiger partial charge is 0.331 e. The van der Waals surface area contributed by atoms with Crippen molar-refractivity contribution in [3.8, 4) is 17.2 Å². The fourth-order valence-electron chi connectivity index (χ4n) is 2.62. The average Bonchev–Trinajstić information content (AvgIpc) is 2.89. The average molecular weight is 312 g/mol.